The van der Waals surface area contributed by atoms with Crippen LogP contribution in [0.1, 0.15) is 22.3 Å². The van der Waals surface area contributed by atoms with Crippen molar-refractivity contribution >= 4 is 11.0 Å². The first-order valence-corrected chi connectivity index (χ1v) is 11.0. The van der Waals surface area contributed by atoms with Crippen LogP contribution in [0, 0.1) is 27.7 Å². The number of nitrogens with zero attached hydrogens (tertiary/aromatic N) is 3. The topological polar surface area (TPSA) is 21.7 Å². The summed E-state index contributed by atoms with van der Waals surface area (Å²) in [6.45, 7) is 8.74. The van der Waals surface area contributed by atoms with Gasteiger partial charge in [0.2, 0.25) is 0 Å². The summed E-state index contributed by atoms with van der Waals surface area (Å²) < 4.78 is 4.72. The zero-order chi connectivity index (χ0) is 22.4. The number of fused-ring (bicyclic) bond motifs is 1. The van der Waals surface area contributed by atoms with Crippen molar-refractivity contribution < 1.29 is 4.57 Å². The van der Waals surface area contributed by atoms with Gasteiger partial charge in [0.1, 0.15) is 5.69 Å². The third-order valence-electron chi connectivity index (χ3n) is 6.36. The van der Waals surface area contributed by atoms with Crippen LogP contribution < -0.4 is 4.57 Å². The SMILES string of the molecule is Cc1ccc2c(c1)n(C)c(-c1cnccc1C)[n+]2-c1c(C)cc(-c2ccccc2)cc1C. The molecule has 0 atom stereocenters. The fourth-order valence-corrected chi connectivity index (χ4v) is 4.80. The van der Waals surface area contributed by atoms with Crippen molar-refractivity contribution in [3.63, 3.8) is 0 Å². The molecule has 0 unspecified atom stereocenters. The maximum atomic E-state index is 4.46. The lowest BCUT2D eigenvalue weighted by atomic mass is 9.98. The normalized spacial score (nSPS) is 11.3. The molecule has 0 aliphatic carbocycles. The van der Waals surface area contributed by atoms with E-state index in [9.17, 15) is 0 Å². The van der Waals surface area contributed by atoms with Gasteiger partial charge in [-0.05, 0) is 91.4 Å². The Balaban J connectivity index is 1.85. The Morgan fingerprint density at radius 1 is 0.750 bits per heavy atom. The van der Waals surface area contributed by atoms with Crippen molar-refractivity contribution in [1.82, 2.24) is 9.55 Å². The van der Waals surface area contributed by atoms with Crippen molar-refractivity contribution in [3.8, 4) is 28.2 Å². The van der Waals surface area contributed by atoms with E-state index in [2.05, 4.69) is 116 Å². The highest BCUT2D eigenvalue weighted by atomic mass is 15.2. The molecular weight excluding hydrogens is 390 g/mol. The molecule has 158 valence electrons. The molecule has 0 aliphatic heterocycles. The van der Waals surface area contributed by atoms with E-state index in [1.165, 1.54) is 50.1 Å². The Morgan fingerprint density at radius 3 is 2.16 bits per heavy atom. The predicted octanol–water partition coefficient (Wildman–Crippen LogP) is 6.42. The predicted molar refractivity (Wildman–Crippen MR) is 132 cm³/mol. The number of aryl methyl sites for hydroxylation is 5. The minimum atomic E-state index is 1.15. The van der Waals surface area contributed by atoms with Gasteiger partial charge in [0.15, 0.2) is 11.0 Å². The number of hydrogen-bond donors (Lipinski definition) is 0. The number of aromatic nitrogens is 3. The zero-order valence-corrected chi connectivity index (χ0v) is 19.3. The van der Waals surface area contributed by atoms with Crippen molar-refractivity contribution in [1.29, 1.82) is 0 Å². The van der Waals surface area contributed by atoms with E-state index >= 15 is 0 Å². The van der Waals surface area contributed by atoms with Crippen LogP contribution in [-0.4, -0.2) is 9.55 Å². The van der Waals surface area contributed by atoms with Crippen molar-refractivity contribution in [2.45, 2.75) is 27.7 Å². The zero-order valence-electron chi connectivity index (χ0n) is 19.3. The quantitative estimate of drug-likeness (QED) is 0.310. The van der Waals surface area contributed by atoms with Gasteiger partial charge in [-0.3, -0.25) is 4.98 Å². The fourth-order valence-electron chi connectivity index (χ4n) is 4.80. The van der Waals surface area contributed by atoms with Crippen LogP contribution in [0.4, 0.5) is 0 Å². The fraction of sp³-hybridized carbons (Fsp3) is 0.172. The van der Waals surface area contributed by atoms with Gasteiger partial charge in [-0.15, -0.1) is 0 Å². The van der Waals surface area contributed by atoms with E-state index in [0.29, 0.717) is 0 Å². The second-order valence-electron chi connectivity index (χ2n) is 8.73. The average Bonchev–Trinajstić information content (AvgIpc) is 3.06. The van der Waals surface area contributed by atoms with Crippen LogP contribution in [0.3, 0.4) is 0 Å². The molecule has 2 aromatic heterocycles. The summed E-state index contributed by atoms with van der Waals surface area (Å²) in [6.07, 6.45) is 3.84. The lowest BCUT2D eigenvalue weighted by Crippen LogP contribution is -2.35. The molecular formula is C29H28N3+. The molecule has 3 aromatic carbocycles. The molecule has 5 rings (SSSR count). The molecule has 0 saturated carbocycles. The van der Waals surface area contributed by atoms with Crippen molar-refractivity contribution in [3.05, 3.63) is 101 Å². The maximum Gasteiger partial charge on any atom is 0.296 e. The summed E-state index contributed by atoms with van der Waals surface area (Å²) in [5.74, 6) is 1.15. The highest BCUT2D eigenvalue weighted by molar-refractivity contribution is 5.79. The molecule has 0 amide bonds. The Morgan fingerprint density at radius 2 is 1.47 bits per heavy atom. The first kappa shape index (κ1) is 20.2. The van der Waals surface area contributed by atoms with Gasteiger partial charge in [-0.25, -0.2) is 4.57 Å². The molecule has 32 heavy (non-hydrogen) atoms. The van der Waals surface area contributed by atoms with Gasteiger partial charge >= 0.3 is 0 Å². The number of pyridine rings is 1. The molecule has 3 nitrogen and oxygen atoms in total. The lowest BCUT2D eigenvalue weighted by molar-refractivity contribution is -0.556. The summed E-state index contributed by atoms with van der Waals surface area (Å²) in [5.41, 5.74) is 12.3. The molecule has 2 heterocycles. The monoisotopic (exact) mass is 418 g/mol. The van der Waals surface area contributed by atoms with Crippen molar-refractivity contribution in [2.24, 2.45) is 7.05 Å². The molecule has 0 radical (unpaired) electrons. The van der Waals surface area contributed by atoms with Crippen LogP contribution in [0.2, 0.25) is 0 Å². The van der Waals surface area contributed by atoms with Gasteiger partial charge in [0, 0.05) is 12.4 Å². The summed E-state index contributed by atoms with van der Waals surface area (Å²) in [4.78, 5) is 4.46. The molecule has 5 aromatic rings. The highest BCUT2D eigenvalue weighted by Crippen LogP contribution is 2.31. The maximum absolute atomic E-state index is 4.46. The van der Waals surface area contributed by atoms with E-state index in [1.807, 2.05) is 12.4 Å². The van der Waals surface area contributed by atoms with Gasteiger partial charge < -0.3 is 0 Å². The molecule has 0 bridgehead atoms. The lowest BCUT2D eigenvalue weighted by Gasteiger charge is -2.13. The molecule has 3 heteroatoms. The smallest absolute Gasteiger partial charge is 0.264 e. The third kappa shape index (κ3) is 3.21. The minimum Gasteiger partial charge on any atom is -0.264 e. The molecule has 0 saturated heterocycles. The molecule has 0 N–H and O–H groups in total. The van der Waals surface area contributed by atoms with E-state index in [1.54, 1.807) is 0 Å². The van der Waals surface area contributed by atoms with Crippen LogP contribution in [0.5, 0.6) is 0 Å². The van der Waals surface area contributed by atoms with E-state index < -0.39 is 0 Å². The number of rotatable bonds is 3. The summed E-state index contributed by atoms with van der Waals surface area (Å²) in [5, 5.41) is 0. The minimum absolute atomic E-state index is 1.15. The number of imidazole rings is 1. The standard InChI is InChI=1S/C29H28N3/c1-19-11-12-26-27(15-19)31(5)29(25-18-30-14-13-20(25)2)32(26)28-21(3)16-24(17-22(28)4)23-9-7-6-8-10-23/h6-18H,1-5H3/q+1. The summed E-state index contributed by atoms with van der Waals surface area (Å²) in [7, 11) is 2.16. The third-order valence-corrected chi connectivity index (χ3v) is 6.36. The molecule has 0 fully saturated rings. The first-order valence-electron chi connectivity index (χ1n) is 11.0. The average molecular weight is 419 g/mol. The van der Waals surface area contributed by atoms with Gasteiger partial charge in [-0.1, -0.05) is 36.4 Å². The Bertz CT molecular complexity index is 1440. The second-order valence-corrected chi connectivity index (χ2v) is 8.73. The largest absolute Gasteiger partial charge is 0.296 e. The molecule has 0 spiro atoms. The van der Waals surface area contributed by atoms with E-state index in [-0.39, 0.29) is 0 Å². The van der Waals surface area contributed by atoms with Gasteiger partial charge in [-0.2, -0.15) is 4.57 Å². The Kier molecular flexibility index (Phi) is 4.90. The number of hydrogen-bond acceptors (Lipinski definition) is 1. The van der Waals surface area contributed by atoms with E-state index in [4.69, 9.17) is 0 Å². The number of benzene rings is 3. The summed E-state index contributed by atoms with van der Waals surface area (Å²) in [6, 6.07) is 24.0. The second kappa shape index (κ2) is 7.76. The van der Waals surface area contributed by atoms with Crippen LogP contribution in [-0.2, 0) is 7.05 Å². The first-order chi connectivity index (χ1) is 15.5. The van der Waals surface area contributed by atoms with E-state index in [0.717, 1.165) is 11.4 Å². The van der Waals surface area contributed by atoms with Crippen molar-refractivity contribution in [2.75, 3.05) is 0 Å². The Labute approximate surface area is 189 Å². The van der Waals surface area contributed by atoms with Crippen LogP contribution in [0.15, 0.2) is 79.1 Å². The van der Waals surface area contributed by atoms with Crippen LogP contribution >= 0.6 is 0 Å². The molecule has 0 aliphatic rings. The van der Waals surface area contributed by atoms with Gasteiger partial charge in [0.05, 0.1) is 12.6 Å². The summed E-state index contributed by atoms with van der Waals surface area (Å²) >= 11 is 0. The highest BCUT2D eigenvalue weighted by Gasteiger charge is 2.29. The Hall–Kier alpha value is -3.72. The van der Waals surface area contributed by atoms with Gasteiger partial charge in [0.25, 0.3) is 5.82 Å². The van der Waals surface area contributed by atoms with Crippen LogP contribution in [0.25, 0.3) is 39.2 Å².